The quantitative estimate of drug-likeness (QED) is 0.610. The summed E-state index contributed by atoms with van der Waals surface area (Å²) in [6, 6.07) is 7.05. The SMILES string of the molecule is COc1ccc(N2C[C@@H](NC(=O)NCCC[NH+]3CCCCC3)CC2=O)cc1. The average molecular weight is 375 g/mol. The highest BCUT2D eigenvalue weighted by Gasteiger charge is 2.31. The first-order chi connectivity index (χ1) is 13.2. The highest BCUT2D eigenvalue weighted by atomic mass is 16.5. The van der Waals surface area contributed by atoms with Crippen molar-refractivity contribution in [2.24, 2.45) is 0 Å². The van der Waals surface area contributed by atoms with Gasteiger partial charge in [0.15, 0.2) is 0 Å². The Morgan fingerprint density at radius 3 is 2.67 bits per heavy atom. The minimum Gasteiger partial charge on any atom is -0.497 e. The number of urea groups is 1. The Morgan fingerprint density at radius 2 is 1.96 bits per heavy atom. The van der Waals surface area contributed by atoms with E-state index in [1.54, 1.807) is 16.9 Å². The van der Waals surface area contributed by atoms with Crippen molar-refractivity contribution in [2.45, 2.75) is 38.1 Å². The first-order valence-corrected chi connectivity index (χ1v) is 9.98. The molecule has 0 radical (unpaired) electrons. The molecular weight excluding hydrogens is 344 g/mol. The Kier molecular flexibility index (Phi) is 6.92. The van der Waals surface area contributed by atoms with Crippen LogP contribution in [0.2, 0.25) is 0 Å². The van der Waals surface area contributed by atoms with E-state index in [-0.39, 0.29) is 18.0 Å². The molecule has 0 aliphatic carbocycles. The lowest BCUT2D eigenvalue weighted by molar-refractivity contribution is -0.904. The Morgan fingerprint density at radius 1 is 1.22 bits per heavy atom. The lowest BCUT2D eigenvalue weighted by atomic mass is 10.1. The Bertz CT molecular complexity index is 629. The van der Waals surface area contributed by atoms with Gasteiger partial charge in [-0.05, 0) is 43.5 Å². The zero-order valence-electron chi connectivity index (χ0n) is 16.1. The van der Waals surface area contributed by atoms with Crippen LogP contribution in [0.4, 0.5) is 10.5 Å². The number of carbonyl (C=O) groups is 2. The van der Waals surface area contributed by atoms with Crippen LogP contribution in [-0.4, -0.2) is 57.8 Å². The van der Waals surface area contributed by atoms with E-state index in [0.29, 0.717) is 19.5 Å². The summed E-state index contributed by atoms with van der Waals surface area (Å²) in [6.07, 6.45) is 5.33. The number of anilines is 1. The van der Waals surface area contributed by atoms with Gasteiger partial charge in [-0.15, -0.1) is 0 Å². The van der Waals surface area contributed by atoms with Crippen LogP contribution in [0.1, 0.15) is 32.1 Å². The van der Waals surface area contributed by atoms with Gasteiger partial charge in [-0.1, -0.05) is 0 Å². The van der Waals surface area contributed by atoms with E-state index in [2.05, 4.69) is 10.6 Å². The summed E-state index contributed by atoms with van der Waals surface area (Å²) >= 11 is 0. The van der Waals surface area contributed by atoms with Gasteiger partial charge in [0.1, 0.15) is 5.75 Å². The number of rotatable bonds is 7. The van der Waals surface area contributed by atoms with Crippen molar-refractivity contribution >= 4 is 17.6 Å². The summed E-state index contributed by atoms with van der Waals surface area (Å²) in [5, 5.41) is 5.85. The zero-order chi connectivity index (χ0) is 19.1. The fourth-order valence-corrected chi connectivity index (χ4v) is 3.89. The minimum atomic E-state index is -0.182. The van der Waals surface area contributed by atoms with Gasteiger partial charge < -0.3 is 25.2 Å². The summed E-state index contributed by atoms with van der Waals surface area (Å²) in [6.45, 7) is 4.82. The van der Waals surface area contributed by atoms with E-state index >= 15 is 0 Å². The first kappa shape index (κ1) is 19.5. The number of nitrogens with zero attached hydrogens (tertiary/aromatic N) is 1. The standard InChI is InChI=1S/C20H30N4O3/c1-27-18-8-6-17(7-9-18)24-15-16(14-19(24)25)22-20(26)21-10-5-13-23-11-3-2-4-12-23/h6-9,16H,2-5,10-15H2,1H3,(H2,21,22,26)/p+1/t16-/m0/s1. The predicted octanol–water partition coefficient (Wildman–Crippen LogP) is 0.559. The van der Waals surface area contributed by atoms with Crippen molar-refractivity contribution in [3.05, 3.63) is 24.3 Å². The third kappa shape index (κ3) is 5.60. The third-order valence-electron chi connectivity index (χ3n) is 5.40. The van der Waals surface area contributed by atoms with Crippen LogP contribution < -0.4 is 25.2 Å². The smallest absolute Gasteiger partial charge is 0.315 e. The van der Waals surface area contributed by atoms with Gasteiger partial charge in [-0.3, -0.25) is 4.79 Å². The number of hydrogen-bond donors (Lipinski definition) is 3. The molecule has 0 spiro atoms. The van der Waals surface area contributed by atoms with E-state index < -0.39 is 0 Å². The topological polar surface area (TPSA) is 75.1 Å². The van der Waals surface area contributed by atoms with Gasteiger partial charge in [0.05, 0.1) is 32.8 Å². The molecule has 1 atom stereocenters. The van der Waals surface area contributed by atoms with Gasteiger partial charge in [0, 0.05) is 31.6 Å². The summed E-state index contributed by atoms with van der Waals surface area (Å²) < 4.78 is 5.15. The molecule has 148 valence electrons. The van der Waals surface area contributed by atoms with Crippen molar-refractivity contribution in [3.63, 3.8) is 0 Å². The molecule has 2 heterocycles. The Labute approximate surface area is 161 Å². The van der Waals surface area contributed by atoms with Gasteiger partial charge in [-0.2, -0.15) is 0 Å². The fourth-order valence-electron chi connectivity index (χ4n) is 3.89. The molecule has 0 bridgehead atoms. The van der Waals surface area contributed by atoms with Crippen LogP contribution in [0, 0.1) is 0 Å². The summed E-state index contributed by atoms with van der Waals surface area (Å²) in [5.74, 6) is 0.782. The molecule has 2 saturated heterocycles. The number of benzene rings is 1. The zero-order valence-corrected chi connectivity index (χ0v) is 16.1. The van der Waals surface area contributed by atoms with Gasteiger partial charge in [0.25, 0.3) is 0 Å². The lowest BCUT2D eigenvalue weighted by Gasteiger charge is -2.23. The van der Waals surface area contributed by atoms with E-state index in [1.165, 1.54) is 32.4 Å². The Balaban J connectivity index is 1.37. The van der Waals surface area contributed by atoms with Crippen molar-refractivity contribution in [1.29, 1.82) is 0 Å². The van der Waals surface area contributed by atoms with Crippen molar-refractivity contribution in [3.8, 4) is 5.75 Å². The maximum atomic E-state index is 12.3. The van der Waals surface area contributed by atoms with E-state index in [0.717, 1.165) is 24.4 Å². The molecule has 3 amide bonds. The summed E-state index contributed by atoms with van der Waals surface area (Å²) in [4.78, 5) is 27.8. The monoisotopic (exact) mass is 375 g/mol. The lowest BCUT2D eigenvalue weighted by Crippen LogP contribution is -3.12. The van der Waals surface area contributed by atoms with Gasteiger partial charge >= 0.3 is 6.03 Å². The second-order valence-corrected chi connectivity index (χ2v) is 7.42. The summed E-state index contributed by atoms with van der Waals surface area (Å²) in [5.41, 5.74) is 0.829. The first-order valence-electron chi connectivity index (χ1n) is 9.98. The molecule has 0 unspecified atom stereocenters. The molecule has 7 heteroatoms. The van der Waals surface area contributed by atoms with Crippen LogP contribution >= 0.6 is 0 Å². The number of nitrogens with one attached hydrogen (secondary N) is 3. The Hall–Kier alpha value is -2.28. The molecule has 7 nitrogen and oxygen atoms in total. The van der Waals surface area contributed by atoms with Gasteiger partial charge in [-0.25, -0.2) is 4.79 Å². The fraction of sp³-hybridized carbons (Fsp3) is 0.600. The summed E-state index contributed by atoms with van der Waals surface area (Å²) in [7, 11) is 1.61. The van der Waals surface area contributed by atoms with Crippen LogP contribution in [-0.2, 0) is 4.79 Å². The highest BCUT2D eigenvalue weighted by molar-refractivity contribution is 5.96. The van der Waals surface area contributed by atoms with Crippen LogP contribution in [0.25, 0.3) is 0 Å². The molecule has 3 N–H and O–H groups in total. The molecular formula is C20H31N4O3+. The number of hydrogen-bond acceptors (Lipinski definition) is 3. The maximum absolute atomic E-state index is 12.3. The number of quaternary nitrogens is 1. The third-order valence-corrected chi connectivity index (χ3v) is 5.40. The molecule has 1 aromatic carbocycles. The largest absolute Gasteiger partial charge is 0.497 e. The van der Waals surface area contributed by atoms with Crippen molar-refractivity contribution in [1.82, 2.24) is 10.6 Å². The number of amides is 3. The molecule has 2 aliphatic heterocycles. The van der Waals surface area contributed by atoms with E-state index in [4.69, 9.17) is 4.74 Å². The number of likely N-dealkylation sites (tertiary alicyclic amines) is 1. The molecule has 0 aromatic heterocycles. The molecule has 2 fully saturated rings. The van der Waals surface area contributed by atoms with E-state index in [9.17, 15) is 9.59 Å². The predicted molar refractivity (Wildman–Crippen MR) is 104 cm³/mol. The van der Waals surface area contributed by atoms with Gasteiger partial charge in [0.2, 0.25) is 5.91 Å². The van der Waals surface area contributed by atoms with Crippen molar-refractivity contribution < 1.29 is 19.2 Å². The number of piperidine rings is 1. The molecule has 1 aromatic rings. The highest BCUT2D eigenvalue weighted by Crippen LogP contribution is 2.24. The molecule has 2 aliphatic rings. The average Bonchev–Trinajstić information content (AvgIpc) is 3.06. The maximum Gasteiger partial charge on any atom is 0.315 e. The normalized spacial score (nSPS) is 20.6. The number of methoxy groups -OCH3 is 1. The van der Waals surface area contributed by atoms with Crippen LogP contribution in [0.15, 0.2) is 24.3 Å². The van der Waals surface area contributed by atoms with Crippen LogP contribution in [0.3, 0.4) is 0 Å². The molecule has 27 heavy (non-hydrogen) atoms. The molecule has 3 rings (SSSR count). The minimum absolute atomic E-state index is 0.0270. The van der Waals surface area contributed by atoms with E-state index in [1.807, 2.05) is 24.3 Å². The molecule has 0 saturated carbocycles. The van der Waals surface area contributed by atoms with Crippen molar-refractivity contribution in [2.75, 3.05) is 44.7 Å². The van der Waals surface area contributed by atoms with Crippen LogP contribution in [0.5, 0.6) is 5.75 Å². The second-order valence-electron chi connectivity index (χ2n) is 7.42. The number of carbonyl (C=O) groups excluding carboxylic acids is 2. The number of ether oxygens (including phenoxy) is 1. The second kappa shape index (κ2) is 9.60.